The third kappa shape index (κ3) is 5.48. The van der Waals surface area contributed by atoms with Crippen LogP contribution in [0.15, 0.2) is 18.2 Å². The summed E-state index contributed by atoms with van der Waals surface area (Å²) >= 11 is 0. The molecule has 0 unspecified atom stereocenters. The van der Waals surface area contributed by atoms with Crippen LogP contribution in [0.1, 0.15) is 46.5 Å². The molecule has 2 aliphatic heterocycles. The van der Waals surface area contributed by atoms with Crippen LogP contribution in [0.5, 0.6) is 5.75 Å². The summed E-state index contributed by atoms with van der Waals surface area (Å²) in [7, 11) is 0. The van der Waals surface area contributed by atoms with Crippen LogP contribution in [0.4, 0.5) is 14.9 Å². The Morgan fingerprint density at radius 3 is 2.66 bits per heavy atom. The summed E-state index contributed by atoms with van der Waals surface area (Å²) in [5.41, 5.74) is 3.99. The highest BCUT2D eigenvalue weighted by Crippen LogP contribution is 2.40. The van der Waals surface area contributed by atoms with Crippen LogP contribution in [-0.4, -0.2) is 48.9 Å². The predicted molar refractivity (Wildman–Crippen MR) is 114 cm³/mol. The van der Waals surface area contributed by atoms with E-state index in [1.54, 1.807) is 0 Å². The maximum Gasteiger partial charge on any atom is 0.405 e. The van der Waals surface area contributed by atoms with E-state index in [0.717, 1.165) is 0 Å². The summed E-state index contributed by atoms with van der Waals surface area (Å²) in [6.45, 7) is 6.51. The highest BCUT2D eigenvalue weighted by molar-refractivity contribution is 6.00. The predicted octanol–water partition coefficient (Wildman–Crippen LogP) is 2.48. The first-order chi connectivity index (χ1) is 15.0. The van der Waals surface area contributed by atoms with Gasteiger partial charge in [-0.2, -0.15) is 0 Å². The molecule has 1 saturated heterocycles. The number of nitrogens with one attached hydrogen (secondary N) is 2. The number of hydrogen-bond donors (Lipinski definition) is 3. The largest absolute Gasteiger partial charge is 0.479 e. The molecule has 2 heterocycles. The molecular formula is C22H30FN3O6. The molecule has 4 N–H and O–H groups in total. The van der Waals surface area contributed by atoms with Crippen molar-refractivity contribution >= 4 is 23.6 Å². The zero-order valence-corrected chi connectivity index (χ0v) is 18.5. The number of nitrogens with two attached hydrogens (primary N) is 1. The molecule has 32 heavy (non-hydrogen) atoms. The average Bonchev–Trinajstić information content (AvgIpc) is 2.81. The van der Waals surface area contributed by atoms with E-state index in [9.17, 15) is 18.8 Å². The summed E-state index contributed by atoms with van der Waals surface area (Å²) in [5, 5.41) is 5.31. The van der Waals surface area contributed by atoms with Gasteiger partial charge < -0.3 is 30.6 Å². The smallest absolute Gasteiger partial charge is 0.405 e. The van der Waals surface area contributed by atoms with Gasteiger partial charge in [0.2, 0.25) is 0 Å². The van der Waals surface area contributed by atoms with Gasteiger partial charge in [-0.1, -0.05) is 26.8 Å². The fourth-order valence-corrected chi connectivity index (χ4v) is 3.90. The van der Waals surface area contributed by atoms with Gasteiger partial charge in [0.05, 0.1) is 18.9 Å². The van der Waals surface area contributed by atoms with Crippen molar-refractivity contribution in [1.29, 1.82) is 0 Å². The Labute approximate surface area is 186 Å². The molecule has 0 bridgehead atoms. The molecule has 0 aliphatic carbocycles. The first-order valence-electron chi connectivity index (χ1n) is 10.6. The number of halogens is 1. The van der Waals surface area contributed by atoms with Crippen LogP contribution in [0.2, 0.25) is 0 Å². The highest BCUT2D eigenvalue weighted by atomic mass is 19.1. The van der Waals surface area contributed by atoms with Gasteiger partial charge in [-0.15, -0.1) is 0 Å². The Hall–Kier alpha value is -2.88. The van der Waals surface area contributed by atoms with Crippen LogP contribution < -0.4 is 21.1 Å². The number of amides is 3. The second-order valence-electron chi connectivity index (χ2n) is 9.35. The zero-order chi connectivity index (χ0) is 23.5. The van der Waals surface area contributed by atoms with Gasteiger partial charge in [0.1, 0.15) is 11.6 Å². The van der Waals surface area contributed by atoms with Crippen LogP contribution in [0.3, 0.4) is 0 Å². The number of primary amides is 1. The molecule has 9 nitrogen and oxygen atoms in total. The average molecular weight is 451 g/mol. The van der Waals surface area contributed by atoms with Crippen molar-refractivity contribution in [3.8, 4) is 5.75 Å². The summed E-state index contributed by atoms with van der Waals surface area (Å²) in [6, 6.07) is 3.05. The van der Waals surface area contributed by atoms with E-state index in [1.807, 2.05) is 20.8 Å². The lowest BCUT2D eigenvalue weighted by Crippen LogP contribution is -2.63. The van der Waals surface area contributed by atoms with Gasteiger partial charge in [-0.05, 0) is 30.4 Å². The van der Waals surface area contributed by atoms with E-state index >= 15 is 0 Å². The van der Waals surface area contributed by atoms with E-state index in [-0.39, 0.29) is 49.3 Å². The van der Waals surface area contributed by atoms with Crippen molar-refractivity contribution in [3.05, 3.63) is 24.0 Å². The number of rotatable bonds is 5. The van der Waals surface area contributed by atoms with E-state index in [4.69, 9.17) is 19.9 Å². The number of ether oxygens (including phenoxy) is 3. The third-order valence-corrected chi connectivity index (χ3v) is 5.65. The molecule has 0 radical (unpaired) electrons. The Morgan fingerprint density at radius 1 is 1.34 bits per heavy atom. The van der Waals surface area contributed by atoms with Gasteiger partial charge in [0.15, 0.2) is 17.7 Å². The summed E-state index contributed by atoms with van der Waals surface area (Å²) in [6.07, 6.45) is -0.972. The van der Waals surface area contributed by atoms with Crippen LogP contribution in [0, 0.1) is 11.2 Å². The quantitative estimate of drug-likeness (QED) is 0.631. The molecule has 2 atom stereocenters. The Balaban J connectivity index is 1.89. The minimum Gasteiger partial charge on any atom is -0.479 e. The lowest BCUT2D eigenvalue weighted by molar-refractivity contribution is -0.140. The highest BCUT2D eigenvalue weighted by Gasteiger charge is 2.50. The van der Waals surface area contributed by atoms with Crippen LogP contribution in [-0.2, 0) is 19.1 Å². The number of benzene rings is 1. The molecule has 0 aromatic heterocycles. The molecule has 1 spiro atoms. The first-order valence-corrected chi connectivity index (χ1v) is 10.6. The number of fused-ring (bicyclic) bond motifs is 1. The summed E-state index contributed by atoms with van der Waals surface area (Å²) in [4.78, 5) is 37.6. The van der Waals surface area contributed by atoms with Crippen LogP contribution in [0.25, 0.3) is 0 Å². The Kier molecular flexibility index (Phi) is 6.92. The van der Waals surface area contributed by atoms with Gasteiger partial charge in [0, 0.05) is 12.8 Å². The monoisotopic (exact) mass is 451 g/mol. The fraction of sp³-hybridized carbons (Fsp3) is 0.591. The lowest BCUT2D eigenvalue weighted by atomic mass is 9.84. The maximum absolute atomic E-state index is 14.5. The van der Waals surface area contributed by atoms with Crippen molar-refractivity contribution in [1.82, 2.24) is 5.32 Å². The first kappa shape index (κ1) is 23.8. The molecule has 3 amide bonds. The van der Waals surface area contributed by atoms with Crippen molar-refractivity contribution in [2.24, 2.45) is 11.1 Å². The standard InChI is InChI=1S/C22H30FN3O6/c1-21(2,3)8-7-15(31-20(24)29)18(27)26-17-19(28)25-14-6-4-5-13(23)16(14)32-22(17)9-11-30-12-10-22/h4-6,15,17H,7-12H2,1-3H3,(H2,24,29)(H,25,28)(H,26,27)/t15-,17+/m0/s1. The zero-order valence-electron chi connectivity index (χ0n) is 18.5. The third-order valence-electron chi connectivity index (χ3n) is 5.65. The number of carbonyl (C=O) groups is 3. The Morgan fingerprint density at radius 2 is 2.03 bits per heavy atom. The molecule has 1 aromatic carbocycles. The van der Waals surface area contributed by atoms with Gasteiger partial charge in [0.25, 0.3) is 11.8 Å². The van der Waals surface area contributed by atoms with Crippen molar-refractivity contribution in [3.63, 3.8) is 0 Å². The van der Waals surface area contributed by atoms with Gasteiger partial charge >= 0.3 is 6.09 Å². The topological polar surface area (TPSA) is 129 Å². The number of para-hydroxylation sites is 1. The van der Waals surface area contributed by atoms with E-state index in [0.29, 0.717) is 6.42 Å². The van der Waals surface area contributed by atoms with E-state index in [2.05, 4.69) is 10.6 Å². The lowest BCUT2D eigenvalue weighted by Gasteiger charge is -2.41. The minimum absolute atomic E-state index is 0.0860. The molecule has 1 aromatic rings. The van der Waals surface area contributed by atoms with Gasteiger partial charge in [-0.3, -0.25) is 9.59 Å². The molecule has 176 valence electrons. The second-order valence-corrected chi connectivity index (χ2v) is 9.35. The minimum atomic E-state index is -1.23. The second kappa shape index (κ2) is 9.32. The Bertz CT molecular complexity index is 879. The fourth-order valence-electron chi connectivity index (χ4n) is 3.90. The van der Waals surface area contributed by atoms with Crippen molar-refractivity contribution in [2.45, 2.75) is 64.2 Å². The molecule has 1 fully saturated rings. The van der Waals surface area contributed by atoms with E-state index < -0.39 is 41.5 Å². The SMILES string of the molecule is CC(C)(C)CC[C@H](OC(N)=O)C(=O)N[C@@H]1C(=O)Nc2cccc(F)c2OC12CCOCC2. The summed E-state index contributed by atoms with van der Waals surface area (Å²) in [5.74, 6) is -1.94. The molecule has 10 heteroatoms. The normalized spacial score (nSPS) is 20.9. The molecule has 0 saturated carbocycles. The number of hydrogen-bond acceptors (Lipinski definition) is 6. The maximum atomic E-state index is 14.5. The molecular weight excluding hydrogens is 421 g/mol. The van der Waals surface area contributed by atoms with Crippen molar-refractivity contribution in [2.75, 3.05) is 18.5 Å². The number of anilines is 1. The number of carbonyl (C=O) groups excluding carboxylic acids is 3. The molecule has 2 aliphatic rings. The van der Waals surface area contributed by atoms with Crippen molar-refractivity contribution < 1.29 is 33.0 Å². The van der Waals surface area contributed by atoms with Gasteiger partial charge in [-0.25, -0.2) is 9.18 Å². The van der Waals surface area contributed by atoms with E-state index in [1.165, 1.54) is 18.2 Å². The van der Waals surface area contributed by atoms with Crippen LogP contribution >= 0.6 is 0 Å². The summed E-state index contributed by atoms with van der Waals surface area (Å²) < 4.78 is 31.1. The molecule has 3 rings (SSSR count).